The van der Waals surface area contributed by atoms with Crippen LogP contribution >= 0.6 is 0 Å². The molecule has 3 aromatic rings. The summed E-state index contributed by atoms with van der Waals surface area (Å²) in [5, 5.41) is 3.10. The van der Waals surface area contributed by atoms with Gasteiger partial charge < -0.3 is 9.88 Å². The number of aryl methyl sites for hydroxylation is 3. The molecule has 0 aliphatic carbocycles. The second-order valence-electron chi connectivity index (χ2n) is 7.94. The number of aromatic nitrogens is 2. The Labute approximate surface area is 174 Å². The zero-order chi connectivity index (χ0) is 20.8. The summed E-state index contributed by atoms with van der Waals surface area (Å²) in [4.78, 5) is 17.1. The van der Waals surface area contributed by atoms with Crippen LogP contribution in [-0.4, -0.2) is 22.0 Å². The molecule has 0 aliphatic heterocycles. The fraction of sp³-hybridized carbons (Fsp3) is 0.440. The summed E-state index contributed by atoms with van der Waals surface area (Å²) < 4.78 is 2.33. The lowest BCUT2D eigenvalue weighted by molar-refractivity contribution is -0.125. The van der Waals surface area contributed by atoms with Crippen LogP contribution in [0.25, 0.3) is 11.0 Å². The van der Waals surface area contributed by atoms with Crippen molar-refractivity contribution in [3.63, 3.8) is 0 Å². The number of fused-ring (bicyclic) bond motifs is 1. The highest BCUT2D eigenvalue weighted by atomic mass is 16.1. The molecule has 0 saturated heterocycles. The minimum absolute atomic E-state index is 0.129. The van der Waals surface area contributed by atoms with Gasteiger partial charge >= 0.3 is 0 Å². The van der Waals surface area contributed by atoms with Crippen molar-refractivity contribution in [2.24, 2.45) is 5.92 Å². The third-order valence-electron chi connectivity index (χ3n) is 5.80. The van der Waals surface area contributed by atoms with Gasteiger partial charge in [0.2, 0.25) is 5.91 Å². The molecule has 1 N–H and O–H groups in total. The SMILES string of the molecule is CCC(CC)C(=O)NCCCc1nc2ccccc2n1Cc1cc(C)ccc1C. The van der Waals surface area contributed by atoms with Crippen LogP contribution in [0.3, 0.4) is 0 Å². The number of para-hydroxylation sites is 2. The van der Waals surface area contributed by atoms with E-state index < -0.39 is 0 Å². The van der Waals surface area contributed by atoms with Crippen molar-refractivity contribution < 1.29 is 4.79 Å². The summed E-state index contributed by atoms with van der Waals surface area (Å²) in [6.07, 6.45) is 3.53. The maximum atomic E-state index is 12.2. The largest absolute Gasteiger partial charge is 0.356 e. The molecule has 29 heavy (non-hydrogen) atoms. The van der Waals surface area contributed by atoms with Gasteiger partial charge in [-0.3, -0.25) is 4.79 Å². The van der Waals surface area contributed by atoms with E-state index >= 15 is 0 Å². The van der Waals surface area contributed by atoms with Crippen molar-refractivity contribution in [2.45, 2.75) is 59.9 Å². The first-order valence-electron chi connectivity index (χ1n) is 10.8. The van der Waals surface area contributed by atoms with Crippen molar-refractivity contribution in [2.75, 3.05) is 6.54 Å². The van der Waals surface area contributed by atoms with Crippen molar-refractivity contribution in [1.82, 2.24) is 14.9 Å². The molecule has 0 aliphatic rings. The molecule has 1 aromatic heterocycles. The van der Waals surface area contributed by atoms with Crippen LogP contribution in [0, 0.1) is 19.8 Å². The second kappa shape index (κ2) is 9.73. The Kier molecular flexibility index (Phi) is 7.08. The molecule has 4 heteroatoms. The number of imidazole rings is 1. The van der Waals surface area contributed by atoms with Crippen molar-refractivity contribution in [1.29, 1.82) is 0 Å². The highest BCUT2D eigenvalue weighted by Crippen LogP contribution is 2.21. The summed E-state index contributed by atoms with van der Waals surface area (Å²) in [5.74, 6) is 1.40. The number of amides is 1. The topological polar surface area (TPSA) is 46.9 Å². The number of benzene rings is 2. The van der Waals surface area contributed by atoms with E-state index in [1.165, 1.54) is 22.2 Å². The van der Waals surface area contributed by atoms with Gasteiger partial charge in [-0.15, -0.1) is 0 Å². The molecule has 0 bridgehead atoms. The van der Waals surface area contributed by atoms with Crippen molar-refractivity contribution >= 4 is 16.9 Å². The summed E-state index contributed by atoms with van der Waals surface area (Å²) in [6.45, 7) is 9.97. The lowest BCUT2D eigenvalue weighted by atomic mass is 10.0. The van der Waals surface area contributed by atoms with Gasteiger partial charge in [0, 0.05) is 25.4 Å². The summed E-state index contributed by atoms with van der Waals surface area (Å²) in [5.41, 5.74) is 6.12. The predicted molar refractivity (Wildman–Crippen MR) is 120 cm³/mol. The van der Waals surface area contributed by atoms with Gasteiger partial charge in [-0.25, -0.2) is 4.98 Å². The Morgan fingerprint density at radius 2 is 1.86 bits per heavy atom. The Balaban J connectivity index is 1.75. The van der Waals surface area contributed by atoms with E-state index in [1.807, 2.05) is 6.07 Å². The maximum Gasteiger partial charge on any atom is 0.223 e. The second-order valence-corrected chi connectivity index (χ2v) is 7.94. The lowest BCUT2D eigenvalue weighted by Crippen LogP contribution is -2.31. The highest BCUT2D eigenvalue weighted by molar-refractivity contribution is 5.78. The number of rotatable bonds is 9. The van der Waals surface area contributed by atoms with Crippen LogP contribution in [-0.2, 0) is 17.8 Å². The van der Waals surface area contributed by atoms with Gasteiger partial charge in [-0.1, -0.05) is 49.7 Å². The van der Waals surface area contributed by atoms with Crippen LogP contribution in [0.2, 0.25) is 0 Å². The van der Waals surface area contributed by atoms with Crippen molar-refractivity contribution in [3.8, 4) is 0 Å². The number of hydrogen-bond donors (Lipinski definition) is 1. The standard InChI is InChI=1S/C25H33N3O/c1-5-20(6-2)25(29)26-15-9-12-24-27-22-10-7-8-11-23(22)28(24)17-21-16-18(3)13-14-19(21)4/h7-8,10-11,13-14,16,20H,5-6,9,12,15,17H2,1-4H3,(H,26,29). The monoisotopic (exact) mass is 391 g/mol. The van der Waals surface area contributed by atoms with Gasteiger partial charge in [0.1, 0.15) is 5.82 Å². The molecule has 4 nitrogen and oxygen atoms in total. The van der Waals surface area contributed by atoms with Crippen LogP contribution in [0.15, 0.2) is 42.5 Å². The average Bonchev–Trinajstić information content (AvgIpc) is 3.06. The van der Waals surface area contributed by atoms with E-state index in [9.17, 15) is 4.79 Å². The molecule has 0 fully saturated rings. The van der Waals surface area contributed by atoms with E-state index in [4.69, 9.17) is 4.98 Å². The Morgan fingerprint density at radius 3 is 2.62 bits per heavy atom. The average molecular weight is 392 g/mol. The van der Waals surface area contributed by atoms with Crippen LogP contribution in [0.1, 0.15) is 55.6 Å². The Hall–Kier alpha value is -2.62. The lowest BCUT2D eigenvalue weighted by Gasteiger charge is -2.14. The molecule has 0 unspecified atom stereocenters. The van der Waals surface area contributed by atoms with Crippen molar-refractivity contribution in [3.05, 3.63) is 65.0 Å². The number of nitrogens with one attached hydrogen (secondary N) is 1. The maximum absolute atomic E-state index is 12.2. The third-order valence-corrected chi connectivity index (χ3v) is 5.80. The summed E-state index contributed by atoms with van der Waals surface area (Å²) in [7, 11) is 0. The van der Waals surface area contributed by atoms with E-state index in [1.54, 1.807) is 0 Å². The third kappa shape index (κ3) is 5.06. The minimum atomic E-state index is 0.129. The number of carbonyl (C=O) groups excluding carboxylic acids is 1. The van der Waals surface area contributed by atoms with Crippen LogP contribution in [0.4, 0.5) is 0 Å². The number of nitrogens with zero attached hydrogens (tertiary/aromatic N) is 2. The quantitative estimate of drug-likeness (QED) is 0.511. The zero-order valence-electron chi connectivity index (χ0n) is 18.2. The molecule has 1 heterocycles. The number of carbonyl (C=O) groups is 1. The van der Waals surface area contributed by atoms with Gasteiger partial charge in [-0.2, -0.15) is 0 Å². The zero-order valence-corrected chi connectivity index (χ0v) is 18.2. The van der Waals surface area contributed by atoms with E-state index in [0.29, 0.717) is 6.54 Å². The predicted octanol–water partition coefficient (Wildman–Crippen LogP) is 5.19. The fourth-order valence-corrected chi connectivity index (χ4v) is 3.90. The molecule has 1 amide bonds. The van der Waals surface area contributed by atoms with E-state index in [0.717, 1.165) is 43.6 Å². The molecular formula is C25H33N3O. The first kappa shape index (κ1) is 21.1. The van der Waals surface area contributed by atoms with Gasteiger partial charge in [0.25, 0.3) is 0 Å². The molecule has 0 spiro atoms. The molecule has 3 rings (SSSR count). The molecular weight excluding hydrogens is 358 g/mol. The summed E-state index contributed by atoms with van der Waals surface area (Å²) in [6, 6.07) is 15.0. The minimum Gasteiger partial charge on any atom is -0.356 e. The van der Waals surface area contributed by atoms with Gasteiger partial charge in [0.05, 0.1) is 11.0 Å². The Morgan fingerprint density at radius 1 is 1.10 bits per heavy atom. The molecule has 0 saturated carbocycles. The van der Waals surface area contributed by atoms with Gasteiger partial charge in [-0.05, 0) is 56.4 Å². The molecule has 154 valence electrons. The van der Waals surface area contributed by atoms with Gasteiger partial charge in [0.15, 0.2) is 0 Å². The Bertz CT molecular complexity index is 969. The van der Waals surface area contributed by atoms with E-state index in [-0.39, 0.29) is 11.8 Å². The van der Waals surface area contributed by atoms with Crippen LogP contribution < -0.4 is 5.32 Å². The van der Waals surface area contributed by atoms with E-state index in [2.05, 4.69) is 74.0 Å². The van der Waals surface area contributed by atoms with Crippen LogP contribution in [0.5, 0.6) is 0 Å². The fourth-order valence-electron chi connectivity index (χ4n) is 3.90. The molecule has 0 atom stereocenters. The normalized spacial score (nSPS) is 11.3. The highest BCUT2D eigenvalue weighted by Gasteiger charge is 2.14. The number of hydrogen-bond acceptors (Lipinski definition) is 2. The molecule has 0 radical (unpaired) electrons. The first-order valence-corrected chi connectivity index (χ1v) is 10.8. The first-order chi connectivity index (χ1) is 14.0. The molecule has 2 aromatic carbocycles. The smallest absolute Gasteiger partial charge is 0.223 e. The summed E-state index contributed by atoms with van der Waals surface area (Å²) >= 11 is 0.